The van der Waals surface area contributed by atoms with Crippen LogP contribution in [0.1, 0.15) is 6.92 Å². The van der Waals surface area contributed by atoms with Crippen molar-refractivity contribution in [3.63, 3.8) is 0 Å². The van der Waals surface area contributed by atoms with Gasteiger partial charge in [0, 0.05) is 13.0 Å². The fourth-order valence-electron chi connectivity index (χ4n) is 0.901. The molecule has 1 aromatic carbocycles. The van der Waals surface area contributed by atoms with Crippen molar-refractivity contribution in [1.29, 1.82) is 0 Å². The Bertz CT molecular complexity index is 309. The van der Waals surface area contributed by atoms with E-state index in [1.165, 1.54) is 13.0 Å². The summed E-state index contributed by atoms with van der Waals surface area (Å²) in [5.74, 6) is 0.503. The van der Waals surface area contributed by atoms with Gasteiger partial charge in [-0.3, -0.25) is 4.79 Å². The third-order valence-electron chi connectivity index (χ3n) is 1.36. The number of aliphatic hydroxyl groups is 1. The molecule has 0 spiro atoms. The molecule has 0 aliphatic rings. The second-order valence-electron chi connectivity index (χ2n) is 2.57. The Kier molecular flexibility index (Phi) is 3.94. The lowest BCUT2D eigenvalue weighted by Crippen LogP contribution is -2.03. The SMILES string of the molecule is CC(=O)Oc1c[c]cc(OCCO)c1. The molecule has 14 heavy (non-hydrogen) atoms. The van der Waals surface area contributed by atoms with Crippen LogP contribution in [0, 0.1) is 6.07 Å². The van der Waals surface area contributed by atoms with Gasteiger partial charge >= 0.3 is 5.97 Å². The maximum absolute atomic E-state index is 10.6. The van der Waals surface area contributed by atoms with Crippen molar-refractivity contribution < 1.29 is 19.4 Å². The fourth-order valence-corrected chi connectivity index (χ4v) is 0.901. The third kappa shape index (κ3) is 3.45. The van der Waals surface area contributed by atoms with E-state index in [0.29, 0.717) is 11.5 Å². The van der Waals surface area contributed by atoms with Gasteiger partial charge in [0.15, 0.2) is 0 Å². The Hall–Kier alpha value is -1.55. The Morgan fingerprint density at radius 3 is 2.86 bits per heavy atom. The summed E-state index contributed by atoms with van der Waals surface area (Å²) in [6, 6.07) is 7.46. The van der Waals surface area contributed by atoms with Crippen LogP contribution < -0.4 is 9.47 Å². The minimum absolute atomic E-state index is 0.0577. The zero-order valence-corrected chi connectivity index (χ0v) is 7.82. The van der Waals surface area contributed by atoms with Crippen molar-refractivity contribution in [2.24, 2.45) is 0 Å². The van der Waals surface area contributed by atoms with E-state index in [1.807, 2.05) is 0 Å². The van der Waals surface area contributed by atoms with Crippen LogP contribution in [-0.4, -0.2) is 24.3 Å². The zero-order valence-electron chi connectivity index (χ0n) is 7.82. The smallest absolute Gasteiger partial charge is 0.308 e. The zero-order chi connectivity index (χ0) is 10.4. The number of carbonyl (C=O) groups is 1. The highest BCUT2D eigenvalue weighted by Gasteiger charge is 2.00. The standard InChI is InChI=1S/C10H11O4/c1-8(12)14-10-4-2-3-9(7-10)13-6-5-11/h3-4,7,11H,5-6H2,1H3. The summed E-state index contributed by atoms with van der Waals surface area (Å²) < 4.78 is 9.93. The van der Waals surface area contributed by atoms with Gasteiger partial charge in [0.2, 0.25) is 0 Å². The lowest BCUT2D eigenvalue weighted by molar-refractivity contribution is -0.131. The van der Waals surface area contributed by atoms with Gasteiger partial charge in [-0.1, -0.05) is 0 Å². The number of ether oxygens (including phenoxy) is 2. The quantitative estimate of drug-likeness (QED) is 0.570. The van der Waals surface area contributed by atoms with E-state index in [0.717, 1.165) is 0 Å². The minimum Gasteiger partial charge on any atom is -0.491 e. The number of benzene rings is 1. The van der Waals surface area contributed by atoms with E-state index in [2.05, 4.69) is 6.07 Å². The molecule has 0 aliphatic heterocycles. The van der Waals surface area contributed by atoms with Gasteiger partial charge in [-0.15, -0.1) is 0 Å². The van der Waals surface area contributed by atoms with Crippen LogP contribution in [0.25, 0.3) is 0 Å². The lowest BCUT2D eigenvalue weighted by atomic mass is 10.3. The van der Waals surface area contributed by atoms with Gasteiger partial charge in [-0.25, -0.2) is 0 Å². The molecule has 0 aliphatic carbocycles. The largest absolute Gasteiger partial charge is 0.491 e. The van der Waals surface area contributed by atoms with Crippen LogP contribution in [0.2, 0.25) is 0 Å². The summed E-state index contributed by atoms with van der Waals surface area (Å²) in [5, 5.41) is 8.52. The van der Waals surface area contributed by atoms with Crippen LogP contribution in [0.15, 0.2) is 18.2 Å². The van der Waals surface area contributed by atoms with Gasteiger partial charge in [0.25, 0.3) is 0 Å². The first-order valence-corrected chi connectivity index (χ1v) is 4.15. The molecule has 0 atom stereocenters. The van der Waals surface area contributed by atoms with Gasteiger partial charge in [0.1, 0.15) is 18.1 Å². The highest BCUT2D eigenvalue weighted by molar-refractivity contribution is 5.69. The molecule has 0 aromatic heterocycles. The Morgan fingerprint density at radius 1 is 1.50 bits per heavy atom. The maximum Gasteiger partial charge on any atom is 0.308 e. The molecule has 1 N–H and O–H groups in total. The van der Waals surface area contributed by atoms with Crippen molar-refractivity contribution in [3.05, 3.63) is 24.3 Å². The summed E-state index contributed by atoms with van der Waals surface area (Å²) >= 11 is 0. The van der Waals surface area contributed by atoms with Crippen LogP contribution in [0.4, 0.5) is 0 Å². The highest BCUT2D eigenvalue weighted by atomic mass is 16.5. The molecule has 0 saturated carbocycles. The van der Waals surface area contributed by atoms with E-state index in [-0.39, 0.29) is 13.2 Å². The van der Waals surface area contributed by atoms with Gasteiger partial charge < -0.3 is 14.6 Å². The van der Waals surface area contributed by atoms with E-state index >= 15 is 0 Å². The molecule has 1 aromatic rings. The van der Waals surface area contributed by atoms with E-state index < -0.39 is 5.97 Å². The van der Waals surface area contributed by atoms with Crippen molar-refractivity contribution in [2.75, 3.05) is 13.2 Å². The van der Waals surface area contributed by atoms with Crippen molar-refractivity contribution in [2.45, 2.75) is 6.92 Å². The van der Waals surface area contributed by atoms with Crippen LogP contribution in [0.5, 0.6) is 11.5 Å². The Morgan fingerprint density at radius 2 is 2.21 bits per heavy atom. The molecule has 1 rings (SSSR count). The fraction of sp³-hybridized carbons (Fsp3) is 0.300. The average molecular weight is 195 g/mol. The van der Waals surface area contributed by atoms with Crippen LogP contribution in [0.3, 0.4) is 0 Å². The summed E-state index contributed by atoms with van der Waals surface area (Å²) in [4.78, 5) is 10.6. The summed E-state index contributed by atoms with van der Waals surface area (Å²) in [5.41, 5.74) is 0. The van der Waals surface area contributed by atoms with Crippen LogP contribution in [-0.2, 0) is 4.79 Å². The molecule has 4 nitrogen and oxygen atoms in total. The van der Waals surface area contributed by atoms with Gasteiger partial charge in [-0.2, -0.15) is 0 Å². The van der Waals surface area contributed by atoms with Gasteiger partial charge in [0.05, 0.1) is 6.61 Å². The Balaban J connectivity index is 2.63. The molecule has 0 heterocycles. The maximum atomic E-state index is 10.6. The summed E-state index contributed by atoms with van der Waals surface area (Å²) in [6.07, 6.45) is 0. The molecule has 1 radical (unpaired) electrons. The molecular weight excluding hydrogens is 184 g/mol. The lowest BCUT2D eigenvalue weighted by Gasteiger charge is -2.05. The molecule has 0 amide bonds. The molecule has 4 heteroatoms. The van der Waals surface area contributed by atoms with E-state index in [4.69, 9.17) is 14.6 Å². The molecular formula is C10H11O4. The Labute approximate surface area is 82.1 Å². The summed E-state index contributed by atoms with van der Waals surface area (Å²) in [7, 11) is 0. The van der Waals surface area contributed by atoms with Crippen molar-refractivity contribution >= 4 is 5.97 Å². The normalized spacial score (nSPS) is 9.57. The van der Waals surface area contributed by atoms with Crippen molar-refractivity contribution in [3.8, 4) is 11.5 Å². The first-order chi connectivity index (χ1) is 6.72. The second kappa shape index (κ2) is 5.24. The monoisotopic (exact) mass is 195 g/mol. The van der Waals surface area contributed by atoms with E-state index in [9.17, 15) is 4.79 Å². The molecule has 75 valence electrons. The first kappa shape index (κ1) is 10.5. The molecule has 0 fully saturated rings. The van der Waals surface area contributed by atoms with Gasteiger partial charge in [-0.05, 0) is 18.2 Å². The van der Waals surface area contributed by atoms with Crippen molar-refractivity contribution in [1.82, 2.24) is 0 Å². The number of rotatable bonds is 4. The minimum atomic E-state index is -0.391. The number of esters is 1. The second-order valence-corrected chi connectivity index (χ2v) is 2.57. The topological polar surface area (TPSA) is 55.8 Å². The number of carbonyl (C=O) groups excluding carboxylic acids is 1. The van der Waals surface area contributed by atoms with E-state index in [1.54, 1.807) is 12.1 Å². The third-order valence-corrected chi connectivity index (χ3v) is 1.36. The predicted molar refractivity (Wildman–Crippen MR) is 49.2 cm³/mol. The number of hydrogen-bond donors (Lipinski definition) is 1. The highest BCUT2D eigenvalue weighted by Crippen LogP contribution is 2.18. The number of hydrogen-bond acceptors (Lipinski definition) is 4. The molecule has 0 unspecified atom stereocenters. The van der Waals surface area contributed by atoms with Crippen LogP contribution >= 0.6 is 0 Å². The first-order valence-electron chi connectivity index (χ1n) is 4.15. The molecule has 0 saturated heterocycles. The molecule has 0 bridgehead atoms. The average Bonchev–Trinajstić information content (AvgIpc) is 2.14. The number of aliphatic hydroxyl groups excluding tert-OH is 1. The predicted octanol–water partition coefficient (Wildman–Crippen LogP) is 0.783. The summed E-state index contributed by atoms with van der Waals surface area (Å²) in [6.45, 7) is 1.47.